The van der Waals surface area contributed by atoms with Crippen molar-refractivity contribution >= 4 is 38.2 Å². The van der Waals surface area contributed by atoms with Crippen molar-refractivity contribution in [2.45, 2.75) is 24.2 Å². The summed E-state index contributed by atoms with van der Waals surface area (Å²) >= 11 is 1.63. The molecule has 5 rings (SSSR count). The van der Waals surface area contributed by atoms with Crippen LogP contribution in [0, 0.1) is 5.92 Å². The van der Waals surface area contributed by atoms with E-state index in [-0.39, 0.29) is 16.7 Å². The molecule has 1 aromatic carbocycles. The lowest BCUT2D eigenvalue weighted by molar-refractivity contribution is -0.136. The number of carbonyl (C=O) groups excluding carboxylic acids is 1. The minimum Gasteiger partial charge on any atom is -0.355 e. The zero-order valence-corrected chi connectivity index (χ0v) is 18.8. The van der Waals surface area contributed by atoms with E-state index in [1.807, 2.05) is 27.4 Å². The van der Waals surface area contributed by atoms with Crippen LogP contribution in [-0.4, -0.2) is 74.2 Å². The number of rotatable bonds is 2. The number of amidine groups is 1. The maximum Gasteiger partial charge on any atom is 0.285 e. The van der Waals surface area contributed by atoms with Gasteiger partial charge in [0, 0.05) is 56.4 Å². The first-order valence-corrected chi connectivity index (χ1v) is 13.0. The van der Waals surface area contributed by atoms with Gasteiger partial charge >= 0.3 is 0 Å². The number of hydrogen-bond donors (Lipinski definition) is 0. The fraction of sp³-hybridized carbons (Fsp3) is 0.476. The largest absolute Gasteiger partial charge is 0.355 e. The molecular weight excluding hydrogens is 434 g/mol. The Morgan fingerprint density at radius 2 is 1.87 bits per heavy atom. The second kappa shape index (κ2) is 8.23. The Bertz CT molecular complexity index is 1100. The third-order valence-electron chi connectivity index (χ3n) is 6.18. The molecule has 0 aliphatic carbocycles. The Kier molecular flexibility index (Phi) is 5.43. The van der Waals surface area contributed by atoms with Crippen molar-refractivity contribution in [3.63, 3.8) is 0 Å². The predicted octanol–water partition coefficient (Wildman–Crippen LogP) is 2.04. The van der Waals surface area contributed by atoms with Gasteiger partial charge in [0.1, 0.15) is 4.90 Å². The standard InChI is InChI=1S/C21H25N5O3S2/c27-20(24-10-4-11-25(13-12-24)21-22-8-14-30-21)16-5-3-9-26(15-16)19-17-6-1-2-7-18(17)31(28,29)23-19/h1-2,6-8,14,16H,3-5,9-13,15H2. The number of fused-ring (bicyclic) bond motifs is 1. The molecule has 3 aliphatic rings. The third kappa shape index (κ3) is 3.94. The SMILES string of the molecule is O=C(C1CCCN(C2=NS(=O)(=O)c3ccccc32)C1)N1CCCN(c2nccs2)CC1. The lowest BCUT2D eigenvalue weighted by Crippen LogP contribution is -2.47. The molecule has 4 heterocycles. The second-order valence-corrected chi connectivity index (χ2v) is 10.6. The van der Waals surface area contributed by atoms with Gasteiger partial charge in [-0.2, -0.15) is 8.42 Å². The number of hydrogen-bond acceptors (Lipinski definition) is 7. The normalized spacial score (nSPS) is 23.3. The highest BCUT2D eigenvalue weighted by atomic mass is 32.2. The summed E-state index contributed by atoms with van der Waals surface area (Å²) in [6, 6.07) is 6.93. The molecule has 0 saturated carbocycles. The fourth-order valence-corrected chi connectivity index (χ4v) is 6.57. The van der Waals surface area contributed by atoms with Crippen LogP contribution in [0.25, 0.3) is 0 Å². The number of carbonyl (C=O) groups is 1. The molecule has 0 radical (unpaired) electrons. The van der Waals surface area contributed by atoms with Crippen LogP contribution in [0.5, 0.6) is 0 Å². The first-order chi connectivity index (χ1) is 15.0. The van der Waals surface area contributed by atoms with Crippen molar-refractivity contribution in [3.05, 3.63) is 41.4 Å². The summed E-state index contributed by atoms with van der Waals surface area (Å²) in [6.07, 6.45) is 4.40. The monoisotopic (exact) mass is 459 g/mol. The van der Waals surface area contributed by atoms with Gasteiger partial charge in [-0.25, -0.2) is 4.98 Å². The quantitative estimate of drug-likeness (QED) is 0.683. The van der Waals surface area contributed by atoms with Crippen LogP contribution in [-0.2, 0) is 14.8 Å². The van der Waals surface area contributed by atoms with E-state index >= 15 is 0 Å². The fourth-order valence-electron chi connectivity index (χ4n) is 4.65. The van der Waals surface area contributed by atoms with Gasteiger partial charge in [0.05, 0.1) is 5.92 Å². The molecule has 10 heteroatoms. The lowest BCUT2D eigenvalue weighted by atomic mass is 9.95. The van der Waals surface area contributed by atoms with Gasteiger partial charge in [0.15, 0.2) is 11.0 Å². The van der Waals surface area contributed by atoms with Gasteiger partial charge < -0.3 is 14.7 Å². The molecule has 8 nitrogen and oxygen atoms in total. The molecule has 3 aliphatic heterocycles. The topological polar surface area (TPSA) is 86.2 Å². The number of nitrogens with zero attached hydrogens (tertiary/aromatic N) is 5. The van der Waals surface area contributed by atoms with Gasteiger partial charge in [-0.05, 0) is 31.4 Å². The summed E-state index contributed by atoms with van der Waals surface area (Å²) in [7, 11) is -3.65. The summed E-state index contributed by atoms with van der Waals surface area (Å²) in [5.74, 6) is 0.512. The maximum atomic E-state index is 13.3. The van der Waals surface area contributed by atoms with E-state index in [1.54, 1.807) is 29.5 Å². The Hall–Kier alpha value is -2.46. The van der Waals surface area contributed by atoms with Gasteiger partial charge in [-0.15, -0.1) is 15.7 Å². The summed E-state index contributed by atoms with van der Waals surface area (Å²) < 4.78 is 28.9. The molecule has 0 N–H and O–H groups in total. The average Bonchev–Trinajstić information content (AvgIpc) is 3.33. The van der Waals surface area contributed by atoms with E-state index in [1.165, 1.54) is 0 Å². The number of likely N-dealkylation sites (tertiary alicyclic amines) is 1. The highest BCUT2D eigenvalue weighted by Crippen LogP contribution is 2.30. The van der Waals surface area contributed by atoms with E-state index < -0.39 is 10.0 Å². The Morgan fingerprint density at radius 1 is 1.03 bits per heavy atom. The number of aromatic nitrogens is 1. The van der Waals surface area contributed by atoms with Crippen LogP contribution < -0.4 is 4.90 Å². The Labute approximate surface area is 186 Å². The summed E-state index contributed by atoms with van der Waals surface area (Å²) in [4.78, 5) is 24.2. The smallest absolute Gasteiger partial charge is 0.285 e. The molecule has 1 amide bonds. The van der Waals surface area contributed by atoms with Gasteiger partial charge in [0.25, 0.3) is 10.0 Å². The van der Waals surface area contributed by atoms with Crippen LogP contribution in [0.4, 0.5) is 5.13 Å². The molecule has 1 aromatic heterocycles. The van der Waals surface area contributed by atoms with Crippen LogP contribution in [0.15, 0.2) is 45.1 Å². The first kappa shape index (κ1) is 20.4. The van der Waals surface area contributed by atoms with Crippen molar-refractivity contribution in [2.24, 2.45) is 10.3 Å². The molecule has 31 heavy (non-hydrogen) atoms. The van der Waals surface area contributed by atoms with E-state index in [0.717, 1.165) is 44.0 Å². The van der Waals surface area contributed by atoms with Gasteiger partial charge in [0.2, 0.25) is 5.91 Å². The average molecular weight is 460 g/mol. The van der Waals surface area contributed by atoms with Gasteiger partial charge in [-0.3, -0.25) is 4.79 Å². The number of thiazole rings is 1. The number of piperidine rings is 1. The minimum atomic E-state index is -3.65. The van der Waals surface area contributed by atoms with Crippen LogP contribution >= 0.6 is 11.3 Å². The van der Waals surface area contributed by atoms with E-state index in [4.69, 9.17) is 0 Å². The molecule has 2 aromatic rings. The number of sulfonamides is 1. The summed E-state index contributed by atoms with van der Waals surface area (Å²) in [5, 5.41) is 2.99. The van der Waals surface area contributed by atoms with Crippen molar-refractivity contribution in [2.75, 3.05) is 44.2 Å². The van der Waals surface area contributed by atoms with Crippen molar-refractivity contribution in [1.82, 2.24) is 14.8 Å². The minimum absolute atomic E-state index is 0.140. The number of anilines is 1. The molecular formula is C21H25N5O3S2. The zero-order valence-electron chi connectivity index (χ0n) is 17.2. The van der Waals surface area contributed by atoms with E-state index in [9.17, 15) is 13.2 Å². The Morgan fingerprint density at radius 3 is 2.71 bits per heavy atom. The second-order valence-electron chi connectivity index (χ2n) is 8.15. The van der Waals surface area contributed by atoms with Crippen molar-refractivity contribution < 1.29 is 13.2 Å². The van der Waals surface area contributed by atoms with Crippen molar-refractivity contribution in [1.29, 1.82) is 0 Å². The molecule has 0 spiro atoms. The first-order valence-electron chi connectivity index (χ1n) is 10.7. The lowest BCUT2D eigenvalue weighted by Gasteiger charge is -2.35. The number of amides is 1. The molecule has 0 bridgehead atoms. The van der Waals surface area contributed by atoms with Gasteiger partial charge in [-0.1, -0.05) is 12.1 Å². The predicted molar refractivity (Wildman–Crippen MR) is 120 cm³/mol. The maximum absolute atomic E-state index is 13.3. The van der Waals surface area contributed by atoms with Crippen molar-refractivity contribution in [3.8, 4) is 0 Å². The van der Waals surface area contributed by atoms with Crippen LogP contribution in [0.2, 0.25) is 0 Å². The Balaban J connectivity index is 1.28. The van der Waals surface area contributed by atoms with Crippen LogP contribution in [0.1, 0.15) is 24.8 Å². The number of benzene rings is 1. The molecule has 1 atom stereocenters. The van der Waals surface area contributed by atoms with Crippen LogP contribution in [0.3, 0.4) is 0 Å². The molecule has 2 fully saturated rings. The highest BCUT2D eigenvalue weighted by molar-refractivity contribution is 7.90. The molecule has 2 saturated heterocycles. The summed E-state index contributed by atoms with van der Waals surface area (Å²) in [5.41, 5.74) is 0.643. The third-order valence-corrected chi connectivity index (χ3v) is 8.34. The van der Waals surface area contributed by atoms with E-state index in [2.05, 4.69) is 14.3 Å². The highest BCUT2D eigenvalue weighted by Gasteiger charge is 2.36. The summed E-state index contributed by atoms with van der Waals surface area (Å²) in [6.45, 7) is 4.34. The zero-order chi connectivity index (χ0) is 21.4. The van der Waals surface area contributed by atoms with E-state index in [0.29, 0.717) is 31.0 Å². The molecule has 1 unspecified atom stereocenters. The molecule has 164 valence electrons.